The Kier molecular flexibility index (Phi) is 7.72. The van der Waals surface area contributed by atoms with Crippen molar-refractivity contribution >= 4 is 70.7 Å². The number of nitrogens with zero attached hydrogens (tertiary/aromatic N) is 2. The summed E-state index contributed by atoms with van der Waals surface area (Å²) in [6, 6.07) is 48.4. The first-order valence-corrected chi connectivity index (χ1v) is 25.2. The summed E-state index contributed by atoms with van der Waals surface area (Å²) in [5.74, 6) is 0. The van der Waals surface area contributed by atoms with E-state index in [1.807, 2.05) is 11.8 Å². The number of fused-ring (bicyclic) bond motifs is 8. The van der Waals surface area contributed by atoms with E-state index in [9.17, 15) is 0 Å². The normalized spacial score (nSPS) is 21.0. The van der Waals surface area contributed by atoms with E-state index in [1.165, 1.54) is 89.9 Å². The second-order valence-electron chi connectivity index (χ2n) is 18.3. The molecule has 1 unspecified atom stereocenters. The van der Waals surface area contributed by atoms with Crippen molar-refractivity contribution in [3.63, 3.8) is 0 Å². The summed E-state index contributed by atoms with van der Waals surface area (Å²) >= 11 is 1.87. The number of allylic oxidation sites excluding steroid dienone is 2. The zero-order valence-corrected chi connectivity index (χ0v) is 35.6. The number of hydrogen-bond donors (Lipinski definition) is 0. The molecule has 2 aliphatic carbocycles. The molecule has 5 aliphatic rings. The van der Waals surface area contributed by atoms with E-state index in [0.717, 1.165) is 13.0 Å². The van der Waals surface area contributed by atoms with Gasteiger partial charge in [0, 0.05) is 12.2 Å². The number of aryl methyl sites for hydroxylation is 1. The molecule has 11 rings (SSSR count). The average Bonchev–Trinajstić information content (AvgIpc) is 3.59. The molecule has 0 spiro atoms. The van der Waals surface area contributed by atoms with Crippen LogP contribution >= 0.6 is 11.8 Å². The first kappa shape index (κ1) is 34.9. The number of rotatable bonds is 4. The summed E-state index contributed by atoms with van der Waals surface area (Å²) in [5, 5.41) is 3.12. The monoisotopic (exact) mass is 773 g/mol. The molecule has 0 N–H and O–H groups in total. The Morgan fingerprint density at radius 1 is 0.649 bits per heavy atom. The minimum atomic E-state index is -2.20. The second kappa shape index (κ2) is 12.6. The molecule has 0 saturated carbocycles. The van der Waals surface area contributed by atoms with Crippen molar-refractivity contribution in [2.45, 2.75) is 73.9 Å². The van der Waals surface area contributed by atoms with Crippen molar-refractivity contribution in [1.82, 2.24) is 0 Å². The van der Waals surface area contributed by atoms with Crippen molar-refractivity contribution in [2.24, 2.45) is 0 Å². The van der Waals surface area contributed by atoms with Crippen LogP contribution in [0.3, 0.4) is 0 Å². The summed E-state index contributed by atoms with van der Waals surface area (Å²) in [7, 11) is -2.20. The van der Waals surface area contributed by atoms with Crippen LogP contribution in [-0.2, 0) is 11.8 Å². The van der Waals surface area contributed by atoms with Gasteiger partial charge in [-0.25, -0.2) is 0 Å². The molecular formula is C53H49N2SSi-. The summed E-state index contributed by atoms with van der Waals surface area (Å²) in [6.07, 6.45) is 13.0. The third-order valence-corrected chi connectivity index (χ3v) is 19.3. The standard InChI is InChI=1S/C53H49N2SSi/c1-52(2)43-32-36(22-25-39(43)40-28-29-53(3,34-44(40)52)54-30-12-14-37-13-6-7-15-45(37)54)21-20-35-23-26-50-41(31-35)42-33-38(24-27-51(42)57(50,4)5)55-46-16-8-10-18-48(46)56-49-19-11-9-17-47(49)55/h6-11,13,15-29,31-33,57H,12,14,30,34H2,1-5H3/q-1/b21-20+. The van der Waals surface area contributed by atoms with Crippen molar-refractivity contribution in [3.05, 3.63) is 173 Å². The molecular weight excluding hydrogens is 725 g/mol. The van der Waals surface area contributed by atoms with Crippen LogP contribution in [0.25, 0.3) is 28.9 Å². The van der Waals surface area contributed by atoms with Crippen LogP contribution in [0.5, 0.6) is 0 Å². The summed E-state index contributed by atoms with van der Waals surface area (Å²) in [4.78, 5) is 7.74. The minimum absolute atomic E-state index is 0.0317. The van der Waals surface area contributed by atoms with Gasteiger partial charge in [-0.05, 0) is 31.4 Å². The van der Waals surface area contributed by atoms with Gasteiger partial charge in [-0.2, -0.15) is 0 Å². The quantitative estimate of drug-likeness (QED) is 0.130. The van der Waals surface area contributed by atoms with Crippen LogP contribution in [0.4, 0.5) is 22.7 Å². The molecule has 0 saturated heterocycles. The molecule has 0 radical (unpaired) electrons. The molecule has 0 fully saturated rings. The van der Waals surface area contributed by atoms with Crippen LogP contribution in [0.15, 0.2) is 155 Å². The first-order chi connectivity index (χ1) is 27.6. The SMILES string of the molecule is CC1(C)C2=C(C=CC(C)(N3CCCc4ccccc43)C2)c2ccc(/C=C/c3ccc4c(c3)-c3cc(N5c6ccccc6Sc6ccccc65)ccc3[SiH-]4(C)C)cc21. The predicted molar refractivity (Wildman–Crippen MR) is 248 cm³/mol. The molecule has 3 heterocycles. The fourth-order valence-electron chi connectivity index (χ4n) is 10.9. The van der Waals surface area contributed by atoms with Crippen LogP contribution in [0.1, 0.15) is 61.4 Å². The molecule has 3 aliphatic heterocycles. The van der Waals surface area contributed by atoms with E-state index < -0.39 is 8.07 Å². The first-order valence-electron chi connectivity index (χ1n) is 20.9. The van der Waals surface area contributed by atoms with Crippen LogP contribution in [0, 0.1) is 0 Å². The van der Waals surface area contributed by atoms with Gasteiger partial charge in [0.05, 0.1) is 5.54 Å². The zero-order valence-electron chi connectivity index (χ0n) is 33.6. The van der Waals surface area contributed by atoms with Gasteiger partial charge in [0.2, 0.25) is 0 Å². The topological polar surface area (TPSA) is 6.48 Å². The van der Waals surface area contributed by atoms with Gasteiger partial charge in [0.15, 0.2) is 0 Å². The number of hydrogen-bond acceptors (Lipinski definition) is 3. The molecule has 0 amide bonds. The van der Waals surface area contributed by atoms with Crippen LogP contribution < -0.4 is 20.2 Å². The number of para-hydroxylation sites is 3. The van der Waals surface area contributed by atoms with Gasteiger partial charge in [-0.15, -0.1) is 0 Å². The summed E-state index contributed by atoms with van der Waals surface area (Å²) in [5.41, 5.74) is 17.8. The van der Waals surface area contributed by atoms with E-state index in [1.54, 1.807) is 15.9 Å². The Bertz CT molecular complexity index is 2720. The fourth-order valence-corrected chi connectivity index (χ4v) is 15.5. The molecule has 4 heteroatoms. The molecule has 6 aromatic carbocycles. The predicted octanol–water partition coefficient (Wildman–Crippen LogP) is 12.5. The van der Waals surface area contributed by atoms with Gasteiger partial charge in [-0.3, -0.25) is 0 Å². The van der Waals surface area contributed by atoms with Crippen molar-refractivity contribution in [3.8, 4) is 11.1 Å². The molecule has 1 atom stereocenters. The Balaban J connectivity index is 0.899. The molecule has 2 nitrogen and oxygen atoms in total. The van der Waals surface area contributed by atoms with E-state index in [2.05, 4.69) is 195 Å². The molecule has 282 valence electrons. The van der Waals surface area contributed by atoms with E-state index in [4.69, 9.17) is 0 Å². The van der Waals surface area contributed by atoms with Gasteiger partial charge in [-0.1, -0.05) is 24.3 Å². The van der Waals surface area contributed by atoms with Gasteiger partial charge < -0.3 is 4.90 Å². The van der Waals surface area contributed by atoms with E-state index >= 15 is 0 Å². The number of benzene rings is 6. The van der Waals surface area contributed by atoms with Crippen LogP contribution in [-0.4, -0.2) is 20.2 Å². The summed E-state index contributed by atoms with van der Waals surface area (Å²) in [6.45, 7) is 13.5. The maximum absolute atomic E-state index is 2.68. The third kappa shape index (κ3) is 5.30. The average molecular weight is 774 g/mol. The Hall–Kier alpha value is -5.29. The summed E-state index contributed by atoms with van der Waals surface area (Å²) < 4.78 is 0. The molecule has 6 aromatic rings. The van der Waals surface area contributed by atoms with E-state index in [-0.39, 0.29) is 11.0 Å². The fraction of sp³-hybridized carbons (Fsp3) is 0.208. The second-order valence-corrected chi connectivity index (χ2v) is 24.4. The Labute approximate surface area is 343 Å². The Morgan fingerprint density at radius 2 is 1.28 bits per heavy atom. The van der Waals surface area contributed by atoms with Crippen LogP contribution in [0.2, 0.25) is 13.1 Å². The Morgan fingerprint density at radius 3 is 2.04 bits per heavy atom. The molecule has 0 bridgehead atoms. The molecule has 57 heavy (non-hydrogen) atoms. The maximum atomic E-state index is 2.68. The van der Waals surface area contributed by atoms with Gasteiger partial charge in [0.1, 0.15) is 0 Å². The third-order valence-electron chi connectivity index (χ3n) is 14.1. The van der Waals surface area contributed by atoms with Crippen molar-refractivity contribution in [1.29, 1.82) is 0 Å². The van der Waals surface area contributed by atoms with Crippen molar-refractivity contribution in [2.75, 3.05) is 16.3 Å². The van der Waals surface area contributed by atoms with Gasteiger partial charge >= 0.3 is 267 Å². The zero-order chi connectivity index (χ0) is 38.7. The van der Waals surface area contributed by atoms with Crippen molar-refractivity contribution < 1.29 is 0 Å². The molecule has 0 aromatic heterocycles. The number of anilines is 4. The van der Waals surface area contributed by atoms with E-state index in [0.29, 0.717) is 0 Å². The van der Waals surface area contributed by atoms with Gasteiger partial charge in [0.25, 0.3) is 0 Å².